The normalized spacial score (nSPS) is 35.7. The fraction of sp³-hybridized carbons (Fsp3) is 0.833. The van der Waals surface area contributed by atoms with Gasteiger partial charge in [0.25, 0.3) is 0 Å². The summed E-state index contributed by atoms with van der Waals surface area (Å²) in [5.74, 6) is 0. The molecule has 2 bridgehead atoms. The molecule has 3 aliphatic rings. The Morgan fingerprint density at radius 1 is 1.38 bits per heavy atom. The maximum atomic E-state index is 11.4. The summed E-state index contributed by atoms with van der Waals surface area (Å²) in [5, 5.41) is 2.78. The van der Waals surface area contributed by atoms with Crippen LogP contribution in [-0.2, 0) is 9.53 Å². The lowest BCUT2D eigenvalue weighted by atomic mass is 9.36. The van der Waals surface area contributed by atoms with E-state index in [2.05, 4.69) is 5.32 Å². The minimum Gasteiger partial charge on any atom is -0.444 e. The minimum atomic E-state index is -0.451. The topological polar surface area (TPSA) is 55.4 Å². The van der Waals surface area contributed by atoms with Gasteiger partial charge in [0.2, 0.25) is 0 Å². The second-order valence-corrected chi connectivity index (χ2v) is 6.37. The van der Waals surface area contributed by atoms with Crippen molar-refractivity contribution >= 4 is 12.4 Å². The van der Waals surface area contributed by atoms with E-state index in [1.165, 1.54) is 0 Å². The van der Waals surface area contributed by atoms with Crippen LogP contribution >= 0.6 is 0 Å². The number of carbonyl (C=O) groups is 2. The second-order valence-electron chi connectivity index (χ2n) is 6.37. The van der Waals surface area contributed by atoms with Gasteiger partial charge in [-0.25, -0.2) is 4.79 Å². The first kappa shape index (κ1) is 11.4. The van der Waals surface area contributed by atoms with Crippen LogP contribution in [-0.4, -0.2) is 24.5 Å². The number of alkyl carbamates (subject to hydrolysis) is 1. The van der Waals surface area contributed by atoms with E-state index < -0.39 is 5.60 Å². The van der Waals surface area contributed by atoms with E-state index in [4.69, 9.17) is 4.74 Å². The molecule has 4 heteroatoms. The van der Waals surface area contributed by atoms with Crippen LogP contribution < -0.4 is 5.32 Å². The molecule has 0 atom stereocenters. The highest BCUT2D eigenvalue weighted by molar-refractivity contribution is 5.69. The largest absolute Gasteiger partial charge is 0.444 e. The maximum Gasteiger partial charge on any atom is 0.407 e. The van der Waals surface area contributed by atoms with Gasteiger partial charge in [0.1, 0.15) is 11.9 Å². The maximum absolute atomic E-state index is 11.4. The van der Waals surface area contributed by atoms with Crippen LogP contribution in [0, 0.1) is 10.8 Å². The molecule has 4 nitrogen and oxygen atoms in total. The van der Waals surface area contributed by atoms with E-state index in [1.807, 2.05) is 20.8 Å². The summed E-state index contributed by atoms with van der Waals surface area (Å²) in [6.07, 6.45) is 3.50. The summed E-state index contributed by atoms with van der Waals surface area (Å²) >= 11 is 0. The van der Waals surface area contributed by atoms with E-state index in [0.29, 0.717) is 6.54 Å². The van der Waals surface area contributed by atoms with Crippen molar-refractivity contribution in [3.8, 4) is 0 Å². The zero-order valence-corrected chi connectivity index (χ0v) is 10.1. The van der Waals surface area contributed by atoms with Crippen LogP contribution in [0.1, 0.15) is 40.0 Å². The molecule has 0 aromatic rings. The average Bonchev–Trinajstić information content (AvgIpc) is 1.96. The van der Waals surface area contributed by atoms with Crippen molar-refractivity contribution in [3.05, 3.63) is 0 Å². The molecule has 0 saturated heterocycles. The molecule has 0 radical (unpaired) electrons. The molecule has 1 N–H and O–H groups in total. The minimum absolute atomic E-state index is 0.0321. The van der Waals surface area contributed by atoms with E-state index in [9.17, 15) is 9.59 Å². The third-order valence-electron chi connectivity index (χ3n) is 3.44. The molecule has 3 rings (SSSR count). The first-order valence-electron chi connectivity index (χ1n) is 5.72. The van der Waals surface area contributed by atoms with Gasteiger partial charge in [0.05, 0.1) is 0 Å². The molecule has 90 valence electrons. The van der Waals surface area contributed by atoms with Crippen LogP contribution in [0.2, 0.25) is 0 Å². The van der Waals surface area contributed by atoms with Gasteiger partial charge in [-0.1, -0.05) is 0 Å². The summed E-state index contributed by atoms with van der Waals surface area (Å²) in [7, 11) is 0. The Bertz CT molecular complexity index is 310. The van der Waals surface area contributed by atoms with E-state index in [-0.39, 0.29) is 16.9 Å². The number of aldehydes is 1. The molecule has 3 fully saturated rings. The van der Waals surface area contributed by atoms with Gasteiger partial charge in [-0.3, -0.25) is 0 Å². The Hall–Kier alpha value is -1.06. The summed E-state index contributed by atoms with van der Waals surface area (Å²) in [6.45, 7) is 6.16. The second kappa shape index (κ2) is 3.22. The van der Waals surface area contributed by atoms with Crippen molar-refractivity contribution in [1.82, 2.24) is 5.32 Å². The Labute approximate surface area is 95.7 Å². The molecule has 3 aliphatic carbocycles. The fourth-order valence-corrected chi connectivity index (χ4v) is 2.97. The highest BCUT2D eigenvalue weighted by Gasteiger charge is 2.67. The van der Waals surface area contributed by atoms with Crippen LogP contribution in [0.25, 0.3) is 0 Å². The lowest BCUT2D eigenvalue weighted by Gasteiger charge is -2.68. The molecule has 0 aromatic carbocycles. The van der Waals surface area contributed by atoms with Gasteiger partial charge in [-0.15, -0.1) is 0 Å². The summed E-state index contributed by atoms with van der Waals surface area (Å²) in [5.41, 5.74) is -0.291. The van der Waals surface area contributed by atoms with Crippen LogP contribution in [0.4, 0.5) is 4.79 Å². The van der Waals surface area contributed by atoms with Crippen molar-refractivity contribution in [2.75, 3.05) is 6.54 Å². The number of carbonyl (C=O) groups excluding carboxylic acids is 2. The summed E-state index contributed by atoms with van der Waals surface area (Å²) < 4.78 is 5.15. The Kier molecular flexibility index (Phi) is 2.30. The predicted octanol–water partition coefficient (Wildman–Crippen LogP) is 1.88. The smallest absolute Gasteiger partial charge is 0.407 e. The van der Waals surface area contributed by atoms with Gasteiger partial charge in [0, 0.05) is 12.0 Å². The zero-order valence-electron chi connectivity index (χ0n) is 10.1. The molecule has 0 aliphatic heterocycles. The highest BCUT2D eigenvalue weighted by atomic mass is 16.6. The zero-order chi connectivity index (χ0) is 12.0. The quantitative estimate of drug-likeness (QED) is 0.746. The third kappa shape index (κ3) is 1.93. The molecular formula is C12H19NO3. The van der Waals surface area contributed by atoms with Crippen LogP contribution in [0.3, 0.4) is 0 Å². The van der Waals surface area contributed by atoms with Gasteiger partial charge < -0.3 is 14.8 Å². The summed E-state index contributed by atoms with van der Waals surface area (Å²) in [6, 6.07) is 0. The number of ether oxygens (including phenoxy) is 1. The van der Waals surface area contributed by atoms with E-state index in [1.54, 1.807) is 0 Å². The molecule has 16 heavy (non-hydrogen) atoms. The third-order valence-corrected chi connectivity index (χ3v) is 3.44. The molecule has 3 saturated carbocycles. The molecule has 0 aromatic heterocycles. The van der Waals surface area contributed by atoms with Crippen molar-refractivity contribution in [3.63, 3.8) is 0 Å². The average molecular weight is 225 g/mol. The molecular weight excluding hydrogens is 206 g/mol. The van der Waals surface area contributed by atoms with Gasteiger partial charge in [-0.05, 0) is 45.4 Å². The van der Waals surface area contributed by atoms with Crippen LogP contribution in [0.5, 0.6) is 0 Å². The number of nitrogens with one attached hydrogen (secondary N) is 1. The number of hydrogen-bond acceptors (Lipinski definition) is 3. The number of rotatable bonds is 3. The van der Waals surface area contributed by atoms with Crippen molar-refractivity contribution in [2.24, 2.45) is 10.8 Å². The predicted molar refractivity (Wildman–Crippen MR) is 59.0 cm³/mol. The van der Waals surface area contributed by atoms with Gasteiger partial charge in [0.15, 0.2) is 0 Å². The lowest BCUT2D eigenvalue weighted by Crippen LogP contribution is -2.66. The summed E-state index contributed by atoms with van der Waals surface area (Å²) in [4.78, 5) is 22.1. The highest BCUT2D eigenvalue weighted by Crippen LogP contribution is 2.71. The van der Waals surface area contributed by atoms with Crippen molar-refractivity contribution in [1.29, 1.82) is 0 Å². The van der Waals surface area contributed by atoms with Crippen molar-refractivity contribution < 1.29 is 14.3 Å². The standard InChI is InChI=1S/C12H19NO3/c1-10(2,3)16-9(15)13-7-11-4-12(5-11,6-11)8-14/h8H,4-7H2,1-3H3,(H,13,15). The molecule has 1 amide bonds. The number of amides is 1. The molecule has 0 heterocycles. The monoisotopic (exact) mass is 225 g/mol. The Balaban J connectivity index is 1.70. The van der Waals surface area contributed by atoms with E-state index >= 15 is 0 Å². The Morgan fingerprint density at radius 2 is 1.94 bits per heavy atom. The number of hydrogen-bond donors (Lipinski definition) is 1. The lowest BCUT2D eigenvalue weighted by molar-refractivity contribution is -0.190. The molecule has 0 unspecified atom stereocenters. The fourth-order valence-electron chi connectivity index (χ4n) is 2.97. The van der Waals surface area contributed by atoms with Crippen LogP contribution in [0.15, 0.2) is 0 Å². The first-order chi connectivity index (χ1) is 7.28. The Morgan fingerprint density at radius 3 is 2.38 bits per heavy atom. The van der Waals surface area contributed by atoms with Crippen molar-refractivity contribution in [2.45, 2.75) is 45.6 Å². The van der Waals surface area contributed by atoms with Gasteiger partial charge >= 0.3 is 6.09 Å². The van der Waals surface area contributed by atoms with E-state index in [0.717, 1.165) is 25.5 Å². The SMILES string of the molecule is CC(C)(C)OC(=O)NCC12CC(C=O)(C1)C2. The van der Waals surface area contributed by atoms with Gasteiger partial charge in [-0.2, -0.15) is 0 Å². The molecule has 0 spiro atoms. The first-order valence-corrected chi connectivity index (χ1v) is 5.72.